The van der Waals surface area contributed by atoms with Gasteiger partial charge in [0.05, 0.1) is 29.7 Å². The van der Waals surface area contributed by atoms with Crippen LogP contribution in [0.1, 0.15) is 84.5 Å². The molecule has 2 fully saturated rings. The first-order valence-electron chi connectivity index (χ1n) is 16.7. The second-order valence-electron chi connectivity index (χ2n) is 14.7. The molecule has 0 bridgehead atoms. The molecule has 49 heavy (non-hydrogen) atoms. The van der Waals surface area contributed by atoms with Gasteiger partial charge in [-0.15, -0.1) is 0 Å². The van der Waals surface area contributed by atoms with Crippen molar-refractivity contribution in [2.75, 3.05) is 19.3 Å². The van der Waals surface area contributed by atoms with E-state index in [0.717, 1.165) is 58.7 Å². The lowest BCUT2D eigenvalue weighted by Crippen LogP contribution is -2.37. The summed E-state index contributed by atoms with van der Waals surface area (Å²) >= 11 is 8.38. The Morgan fingerprint density at radius 1 is 0.816 bits per heavy atom. The lowest BCUT2D eigenvalue weighted by molar-refractivity contribution is 0.0208. The monoisotopic (exact) mass is 704 g/mol. The predicted octanol–water partition coefficient (Wildman–Crippen LogP) is 9.27. The molecule has 12 heteroatoms. The van der Waals surface area contributed by atoms with Gasteiger partial charge in [-0.25, -0.2) is 19.6 Å². The fourth-order valence-corrected chi connectivity index (χ4v) is 7.31. The number of thioether (sulfide) groups is 1. The maximum atomic E-state index is 13.0. The highest BCUT2D eigenvalue weighted by Crippen LogP contribution is 2.38. The Morgan fingerprint density at radius 2 is 1.39 bits per heavy atom. The van der Waals surface area contributed by atoms with Crippen molar-refractivity contribution in [2.24, 2.45) is 0 Å². The van der Waals surface area contributed by atoms with Crippen molar-refractivity contribution in [1.82, 2.24) is 29.7 Å². The molecule has 2 saturated heterocycles. The van der Waals surface area contributed by atoms with Gasteiger partial charge in [0.15, 0.2) is 5.15 Å². The van der Waals surface area contributed by atoms with E-state index in [1.165, 1.54) is 0 Å². The van der Waals surface area contributed by atoms with Crippen LogP contribution in [0.15, 0.2) is 54.7 Å². The minimum absolute atomic E-state index is 0.166. The number of ether oxygens (including phenoxy) is 2. The number of halogens is 1. The Hall–Kier alpha value is -3.96. The van der Waals surface area contributed by atoms with Crippen molar-refractivity contribution in [3.8, 4) is 33.6 Å². The molecule has 0 aliphatic carbocycles. The number of carbonyl (C=O) groups is 2. The van der Waals surface area contributed by atoms with Gasteiger partial charge >= 0.3 is 12.2 Å². The average molecular weight is 705 g/mol. The normalized spacial score (nSPS) is 19.8. The van der Waals surface area contributed by atoms with Crippen molar-refractivity contribution in [3.05, 3.63) is 71.5 Å². The number of amides is 2. The number of likely N-dealkylation sites (tertiary alicyclic amines) is 2. The Labute approximate surface area is 297 Å². The lowest BCUT2D eigenvalue weighted by atomic mass is 10.0. The van der Waals surface area contributed by atoms with Gasteiger partial charge < -0.3 is 19.4 Å². The number of carbonyl (C=O) groups excluding carboxylic acids is 2. The van der Waals surface area contributed by atoms with Gasteiger partial charge in [0.2, 0.25) is 0 Å². The summed E-state index contributed by atoms with van der Waals surface area (Å²) in [7, 11) is 0. The Bertz CT molecular complexity index is 1790. The molecule has 10 nitrogen and oxygen atoms in total. The maximum absolute atomic E-state index is 13.0. The van der Waals surface area contributed by atoms with Crippen molar-refractivity contribution in [2.45, 2.75) is 89.3 Å². The fraction of sp³-hybridized carbons (Fsp3) is 0.459. The molecule has 0 radical (unpaired) electrons. The third-order valence-corrected chi connectivity index (χ3v) is 9.99. The first kappa shape index (κ1) is 34.9. The predicted molar refractivity (Wildman–Crippen MR) is 195 cm³/mol. The van der Waals surface area contributed by atoms with Crippen LogP contribution in [-0.2, 0) is 9.47 Å². The maximum Gasteiger partial charge on any atom is 0.410 e. The van der Waals surface area contributed by atoms with Gasteiger partial charge in [-0.3, -0.25) is 9.80 Å². The highest BCUT2D eigenvalue weighted by molar-refractivity contribution is 7.99. The number of H-pyrrole nitrogens is 2. The Morgan fingerprint density at radius 3 is 1.98 bits per heavy atom. The summed E-state index contributed by atoms with van der Waals surface area (Å²) < 4.78 is 11.3. The lowest BCUT2D eigenvalue weighted by Gasteiger charge is -2.27. The smallest absolute Gasteiger partial charge is 0.410 e. The largest absolute Gasteiger partial charge is 0.444 e. The molecular formula is C37H45ClN6O4S. The average Bonchev–Trinajstić information content (AvgIpc) is 3.85. The quantitative estimate of drug-likeness (QED) is 0.206. The summed E-state index contributed by atoms with van der Waals surface area (Å²) in [5.74, 6) is 1.43. The summed E-state index contributed by atoms with van der Waals surface area (Å²) in [6.45, 7) is 12.5. The van der Waals surface area contributed by atoms with E-state index in [-0.39, 0.29) is 24.3 Å². The second kappa shape index (κ2) is 13.7. The topological polar surface area (TPSA) is 116 Å². The van der Waals surface area contributed by atoms with Gasteiger partial charge in [-0.05, 0) is 83.8 Å². The molecule has 2 amide bonds. The van der Waals surface area contributed by atoms with Crippen molar-refractivity contribution >= 4 is 35.5 Å². The second-order valence-corrected chi connectivity index (χ2v) is 16.2. The van der Waals surface area contributed by atoms with Crippen LogP contribution in [0.5, 0.6) is 0 Å². The number of imidazole rings is 2. The molecule has 3 atom stereocenters. The van der Waals surface area contributed by atoms with Crippen LogP contribution in [0.25, 0.3) is 33.6 Å². The molecule has 260 valence electrons. The molecule has 4 aromatic rings. The van der Waals surface area contributed by atoms with E-state index in [4.69, 9.17) is 26.1 Å². The number of rotatable bonds is 6. The number of aromatic amines is 2. The summed E-state index contributed by atoms with van der Waals surface area (Å²) in [5.41, 5.74) is 4.53. The molecule has 4 heterocycles. The first-order valence-corrected chi connectivity index (χ1v) is 18.4. The van der Waals surface area contributed by atoms with E-state index in [1.54, 1.807) is 21.6 Å². The van der Waals surface area contributed by atoms with E-state index in [1.807, 2.05) is 59.9 Å². The van der Waals surface area contributed by atoms with Gasteiger partial charge in [-0.2, -0.15) is 11.8 Å². The van der Waals surface area contributed by atoms with Gasteiger partial charge in [0, 0.05) is 23.9 Å². The van der Waals surface area contributed by atoms with Crippen LogP contribution >= 0.6 is 23.4 Å². The van der Waals surface area contributed by atoms with Crippen LogP contribution in [0.3, 0.4) is 0 Å². The third kappa shape index (κ3) is 7.94. The van der Waals surface area contributed by atoms with E-state index in [2.05, 4.69) is 57.6 Å². The van der Waals surface area contributed by atoms with Crippen LogP contribution in [0.2, 0.25) is 5.15 Å². The highest BCUT2D eigenvalue weighted by Gasteiger charge is 2.40. The fourth-order valence-electron chi connectivity index (χ4n) is 6.38. The van der Waals surface area contributed by atoms with E-state index < -0.39 is 11.2 Å². The molecule has 2 unspecified atom stereocenters. The van der Waals surface area contributed by atoms with E-state index in [9.17, 15) is 9.59 Å². The summed E-state index contributed by atoms with van der Waals surface area (Å²) in [6.07, 6.45) is 5.74. The van der Waals surface area contributed by atoms with Crippen LogP contribution in [-0.4, -0.2) is 77.7 Å². The number of aromatic nitrogens is 4. The Kier molecular flexibility index (Phi) is 9.79. The minimum atomic E-state index is -0.569. The standard InChI is InChI=1S/C37H45ClN6O4S/c1-36(2,3)47-34(45)43-18-8-9-28(43)33-41-30(31(38)42-33)25-16-12-23(13-17-25)22-10-14-24(15-11-22)27-20-39-32(40-27)29-19-26(49-7)21-44(29)35(46)48-37(4,5)6/h10-17,20,26,28-29H,8-9,18-19,21H2,1-7H3,(H,39,40)(H,41,42)/t26?,28-,29?/m0/s1. The summed E-state index contributed by atoms with van der Waals surface area (Å²) in [5, 5.41) is 0.697. The van der Waals surface area contributed by atoms with Crippen LogP contribution in [0.4, 0.5) is 9.59 Å². The molecule has 0 saturated carbocycles. The number of hydrogen-bond donors (Lipinski definition) is 2. The van der Waals surface area contributed by atoms with Gasteiger partial charge in [0.1, 0.15) is 22.9 Å². The van der Waals surface area contributed by atoms with Crippen molar-refractivity contribution < 1.29 is 19.1 Å². The molecule has 0 spiro atoms. The zero-order valence-corrected chi connectivity index (χ0v) is 30.7. The molecule has 2 aliphatic rings. The summed E-state index contributed by atoms with van der Waals surface area (Å²) in [6, 6.07) is 16.1. The zero-order valence-electron chi connectivity index (χ0n) is 29.2. The molecule has 2 N–H and O–H groups in total. The number of nitrogens with one attached hydrogen (secondary N) is 2. The summed E-state index contributed by atoms with van der Waals surface area (Å²) in [4.78, 5) is 45.5. The van der Waals surface area contributed by atoms with Crippen molar-refractivity contribution in [1.29, 1.82) is 0 Å². The number of nitrogens with zero attached hydrogens (tertiary/aromatic N) is 4. The molecule has 6 rings (SSSR count). The highest BCUT2D eigenvalue weighted by atomic mass is 35.5. The SMILES string of the molecule is CSC1CC(c2ncc(-c3ccc(-c4ccc(-c5[nH]c([C@@H]6CCCN6C(=O)OC(C)(C)C)nc5Cl)cc4)cc3)[nH]2)N(C(=O)OC(C)(C)C)C1. The first-order chi connectivity index (χ1) is 23.2. The van der Waals surface area contributed by atoms with Gasteiger partial charge in [0.25, 0.3) is 0 Å². The Balaban J connectivity index is 1.14. The molecular weight excluding hydrogens is 660 g/mol. The zero-order chi connectivity index (χ0) is 35.1. The third-order valence-electron chi connectivity index (χ3n) is 8.71. The number of hydrogen-bond acceptors (Lipinski definition) is 7. The van der Waals surface area contributed by atoms with E-state index >= 15 is 0 Å². The molecule has 2 aromatic carbocycles. The number of benzene rings is 2. The molecule has 2 aliphatic heterocycles. The van der Waals surface area contributed by atoms with Crippen LogP contribution < -0.4 is 0 Å². The minimum Gasteiger partial charge on any atom is -0.444 e. The molecule has 2 aromatic heterocycles. The van der Waals surface area contributed by atoms with Crippen LogP contribution in [0, 0.1) is 0 Å². The van der Waals surface area contributed by atoms with E-state index in [0.29, 0.717) is 29.3 Å². The van der Waals surface area contributed by atoms with Gasteiger partial charge in [-0.1, -0.05) is 60.1 Å². The van der Waals surface area contributed by atoms with Crippen molar-refractivity contribution in [3.63, 3.8) is 0 Å².